The maximum absolute atomic E-state index is 12.9. The van der Waals surface area contributed by atoms with Gasteiger partial charge in [-0.3, -0.25) is 4.79 Å². The lowest BCUT2D eigenvalue weighted by molar-refractivity contribution is -0.140. The van der Waals surface area contributed by atoms with Crippen molar-refractivity contribution in [1.29, 1.82) is 0 Å². The molecule has 0 unspecified atom stereocenters. The molecule has 0 spiro atoms. The first-order chi connectivity index (χ1) is 12.8. The number of ether oxygens (including phenoxy) is 1. The van der Waals surface area contributed by atoms with Crippen LogP contribution in [-0.2, 0) is 14.9 Å². The second-order valence-corrected chi connectivity index (χ2v) is 9.34. The summed E-state index contributed by atoms with van der Waals surface area (Å²) in [5.41, 5.74) is 2.62. The fourth-order valence-electron chi connectivity index (χ4n) is 5.16. The Morgan fingerprint density at radius 3 is 2.44 bits per heavy atom. The number of hydrogen-bond acceptors (Lipinski definition) is 3. The molecule has 146 valence electrons. The summed E-state index contributed by atoms with van der Waals surface area (Å²) in [5, 5.41) is 2.85. The van der Waals surface area contributed by atoms with E-state index in [-0.39, 0.29) is 22.8 Å². The summed E-state index contributed by atoms with van der Waals surface area (Å²) < 4.78 is 4.68. The molecule has 5 heteroatoms. The third kappa shape index (κ3) is 3.11. The number of methoxy groups -OCH3 is 1. The molecule has 0 aromatic heterocycles. The largest absolute Gasteiger partial charge is 0.453 e. The Hall–Kier alpha value is -2.04. The van der Waals surface area contributed by atoms with Crippen molar-refractivity contribution in [1.82, 2.24) is 10.2 Å². The van der Waals surface area contributed by atoms with E-state index in [1.54, 1.807) is 0 Å². The van der Waals surface area contributed by atoms with Gasteiger partial charge in [0.05, 0.1) is 7.11 Å². The molecule has 2 saturated carbocycles. The minimum atomic E-state index is -0.422. The number of nitrogens with zero attached hydrogens (tertiary/aromatic N) is 1. The fraction of sp³-hybridized carbons (Fsp3) is 0.636. The van der Waals surface area contributed by atoms with Gasteiger partial charge in [-0.25, -0.2) is 4.79 Å². The van der Waals surface area contributed by atoms with Gasteiger partial charge in [0, 0.05) is 30.0 Å². The van der Waals surface area contributed by atoms with E-state index < -0.39 is 6.09 Å². The average Bonchev–Trinajstić information content (AvgIpc) is 3.20. The maximum Gasteiger partial charge on any atom is 0.407 e. The van der Waals surface area contributed by atoms with Crippen LogP contribution in [0.2, 0.25) is 0 Å². The number of rotatable bonds is 4. The van der Waals surface area contributed by atoms with E-state index in [0.717, 1.165) is 13.1 Å². The van der Waals surface area contributed by atoms with Crippen LogP contribution in [0.3, 0.4) is 0 Å². The van der Waals surface area contributed by atoms with Crippen LogP contribution < -0.4 is 5.32 Å². The molecule has 2 atom stereocenters. The number of benzene rings is 1. The fourth-order valence-corrected chi connectivity index (χ4v) is 5.16. The molecular formula is C22H30N2O3. The van der Waals surface area contributed by atoms with Gasteiger partial charge < -0.3 is 15.0 Å². The van der Waals surface area contributed by atoms with Crippen molar-refractivity contribution >= 4 is 12.0 Å². The van der Waals surface area contributed by atoms with Crippen molar-refractivity contribution in [2.24, 2.45) is 11.8 Å². The summed E-state index contributed by atoms with van der Waals surface area (Å²) >= 11 is 0. The summed E-state index contributed by atoms with van der Waals surface area (Å²) in [4.78, 5) is 26.4. The molecule has 0 bridgehead atoms. The second kappa shape index (κ2) is 6.25. The van der Waals surface area contributed by atoms with Crippen LogP contribution in [0.1, 0.15) is 57.1 Å². The van der Waals surface area contributed by atoms with E-state index in [1.807, 2.05) is 6.92 Å². The first kappa shape index (κ1) is 18.3. The van der Waals surface area contributed by atoms with Crippen LogP contribution >= 0.6 is 0 Å². The summed E-state index contributed by atoms with van der Waals surface area (Å²) in [6.07, 6.45) is 2.16. The standard InChI is InChI=1S/C22H30N2O3/c1-14(2)15-5-7-17(8-6-15)22-11-18(22)12-24(13-22)19(25)16-9-21(3,10-16)23-20(26)27-4/h5-8,14,16,18H,9-13H2,1-4H3,(H,23,26)/t16-,18-,21+,22+/m0/s1. The minimum Gasteiger partial charge on any atom is -0.453 e. The Labute approximate surface area is 161 Å². The van der Waals surface area contributed by atoms with Crippen LogP contribution in [0.25, 0.3) is 0 Å². The second-order valence-electron chi connectivity index (χ2n) is 9.34. The highest BCUT2D eigenvalue weighted by Crippen LogP contribution is 2.59. The van der Waals surface area contributed by atoms with Gasteiger partial charge in [-0.1, -0.05) is 38.1 Å². The summed E-state index contributed by atoms with van der Waals surface area (Å²) in [6.45, 7) is 8.12. The van der Waals surface area contributed by atoms with Crippen LogP contribution in [0.4, 0.5) is 4.79 Å². The van der Waals surface area contributed by atoms with Crippen molar-refractivity contribution in [2.75, 3.05) is 20.2 Å². The van der Waals surface area contributed by atoms with Gasteiger partial charge in [-0.05, 0) is 49.1 Å². The molecule has 0 radical (unpaired) electrons. The van der Waals surface area contributed by atoms with Crippen molar-refractivity contribution in [2.45, 2.75) is 56.9 Å². The van der Waals surface area contributed by atoms with Crippen molar-refractivity contribution in [3.8, 4) is 0 Å². The molecule has 27 heavy (non-hydrogen) atoms. The lowest BCUT2D eigenvalue weighted by Crippen LogP contribution is -2.58. The third-order valence-corrected chi connectivity index (χ3v) is 6.94. The zero-order chi connectivity index (χ0) is 19.4. The van der Waals surface area contributed by atoms with Crippen LogP contribution in [0.15, 0.2) is 24.3 Å². The van der Waals surface area contributed by atoms with Crippen LogP contribution in [-0.4, -0.2) is 42.6 Å². The van der Waals surface area contributed by atoms with Gasteiger partial charge in [-0.15, -0.1) is 0 Å². The number of fused-ring (bicyclic) bond motifs is 1. The maximum atomic E-state index is 12.9. The van der Waals surface area contributed by atoms with E-state index in [9.17, 15) is 9.59 Å². The van der Waals surface area contributed by atoms with E-state index in [2.05, 4.69) is 53.1 Å². The van der Waals surface area contributed by atoms with Gasteiger partial charge >= 0.3 is 6.09 Å². The average molecular weight is 370 g/mol. The van der Waals surface area contributed by atoms with Crippen molar-refractivity contribution in [3.63, 3.8) is 0 Å². The Balaban J connectivity index is 1.36. The van der Waals surface area contributed by atoms with Crippen LogP contribution in [0.5, 0.6) is 0 Å². The molecule has 2 aliphatic carbocycles. The summed E-state index contributed by atoms with van der Waals surface area (Å²) in [6, 6.07) is 9.02. The normalized spacial score (nSPS) is 34.0. The van der Waals surface area contributed by atoms with Gasteiger partial charge in [0.1, 0.15) is 0 Å². The number of likely N-dealkylation sites (tertiary alicyclic amines) is 1. The summed E-state index contributed by atoms with van der Waals surface area (Å²) in [5.74, 6) is 1.42. The molecule has 1 aliphatic heterocycles. The van der Waals surface area contributed by atoms with Gasteiger partial charge in [-0.2, -0.15) is 0 Å². The lowest BCUT2D eigenvalue weighted by Gasteiger charge is -2.45. The number of nitrogens with one attached hydrogen (secondary N) is 1. The lowest BCUT2D eigenvalue weighted by atomic mass is 9.69. The highest BCUT2D eigenvalue weighted by Gasteiger charge is 2.62. The molecule has 3 aliphatic rings. The minimum absolute atomic E-state index is 0.0185. The predicted octanol–water partition coefficient (Wildman–Crippen LogP) is 3.43. The summed E-state index contributed by atoms with van der Waals surface area (Å²) in [7, 11) is 1.36. The number of carbonyl (C=O) groups excluding carboxylic acids is 2. The van der Waals surface area contributed by atoms with Crippen LogP contribution in [0, 0.1) is 11.8 Å². The van der Waals surface area contributed by atoms with Gasteiger partial charge in [0.2, 0.25) is 5.91 Å². The first-order valence-corrected chi connectivity index (χ1v) is 10.0. The third-order valence-electron chi connectivity index (χ3n) is 6.94. The quantitative estimate of drug-likeness (QED) is 0.883. The van der Waals surface area contributed by atoms with Crippen molar-refractivity contribution < 1.29 is 14.3 Å². The SMILES string of the molecule is COC(=O)N[C@]1(C)C[C@H](C(=O)N2C[C@@H]3C[C@]3(c3ccc(C(C)C)cc3)C2)C1. The number of hydrogen-bond donors (Lipinski definition) is 1. The Morgan fingerprint density at radius 1 is 1.19 bits per heavy atom. The number of alkyl carbamates (subject to hydrolysis) is 1. The molecule has 4 rings (SSSR count). The molecule has 5 nitrogen and oxygen atoms in total. The number of carbonyl (C=O) groups is 2. The van der Waals surface area contributed by atoms with E-state index in [4.69, 9.17) is 0 Å². The highest BCUT2D eigenvalue weighted by molar-refractivity contribution is 5.82. The molecular weight excluding hydrogens is 340 g/mol. The molecule has 1 heterocycles. The van der Waals surface area contributed by atoms with E-state index in [0.29, 0.717) is 24.7 Å². The monoisotopic (exact) mass is 370 g/mol. The Bertz CT molecular complexity index is 751. The Morgan fingerprint density at radius 2 is 1.85 bits per heavy atom. The van der Waals surface area contributed by atoms with Gasteiger partial charge in [0.25, 0.3) is 0 Å². The predicted molar refractivity (Wildman–Crippen MR) is 104 cm³/mol. The zero-order valence-electron chi connectivity index (χ0n) is 16.7. The number of amides is 2. The number of piperidine rings is 1. The first-order valence-electron chi connectivity index (χ1n) is 10.0. The van der Waals surface area contributed by atoms with Crippen molar-refractivity contribution in [3.05, 3.63) is 35.4 Å². The zero-order valence-corrected chi connectivity index (χ0v) is 16.7. The molecule has 2 amide bonds. The molecule has 1 aromatic carbocycles. The van der Waals surface area contributed by atoms with E-state index >= 15 is 0 Å². The molecule has 1 N–H and O–H groups in total. The van der Waals surface area contributed by atoms with Gasteiger partial charge in [0.15, 0.2) is 0 Å². The molecule has 1 aromatic rings. The van der Waals surface area contributed by atoms with E-state index in [1.165, 1.54) is 24.7 Å². The molecule has 1 saturated heterocycles. The molecule has 3 fully saturated rings. The topological polar surface area (TPSA) is 58.6 Å². The smallest absolute Gasteiger partial charge is 0.407 e. The Kier molecular flexibility index (Phi) is 4.24. The highest BCUT2D eigenvalue weighted by atomic mass is 16.5.